The van der Waals surface area contributed by atoms with Crippen molar-refractivity contribution in [2.45, 2.75) is 123 Å². The topological polar surface area (TPSA) is 128 Å². The van der Waals surface area contributed by atoms with Crippen molar-refractivity contribution < 1.29 is 29.0 Å². The highest BCUT2D eigenvalue weighted by atomic mass is 16.5. The fourth-order valence-corrected chi connectivity index (χ4v) is 6.46. The van der Waals surface area contributed by atoms with Crippen LogP contribution in [0.3, 0.4) is 0 Å². The lowest BCUT2D eigenvalue weighted by Gasteiger charge is -2.35. The number of aliphatic hydroxyl groups excluding tert-OH is 1. The average molecular weight is 629 g/mol. The summed E-state index contributed by atoms with van der Waals surface area (Å²) in [6.45, 7) is 8.75. The number of carbonyl (C=O) groups excluding carboxylic acids is 4. The number of rotatable bonds is 3. The molecule has 0 aliphatic carbocycles. The fourth-order valence-electron chi connectivity index (χ4n) is 6.46. The Morgan fingerprint density at radius 2 is 1.51 bits per heavy atom. The van der Waals surface area contributed by atoms with Crippen molar-refractivity contribution in [3.8, 4) is 5.75 Å². The summed E-state index contributed by atoms with van der Waals surface area (Å²) in [5.74, 6) is -1.07. The van der Waals surface area contributed by atoms with Crippen LogP contribution in [-0.4, -0.2) is 89.5 Å². The molecule has 0 aromatic heterocycles. The van der Waals surface area contributed by atoms with E-state index in [1.165, 1.54) is 29.1 Å². The van der Waals surface area contributed by atoms with Gasteiger partial charge in [-0.3, -0.25) is 19.2 Å². The Kier molecular flexibility index (Phi) is 14.6. The summed E-state index contributed by atoms with van der Waals surface area (Å²) in [7, 11) is 1.59. The Hall–Kier alpha value is -3.14. The number of ether oxygens (including phenoxy) is 1. The molecule has 0 unspecified atom stereocenters. The predicted octanol–water partition coefficient (Wildman–Crippen LogP) is 4.30. The maximum atomic E-state index is 14.1. The maximum absolute atomic E-state index is 14.1. The van der Waals surface area contributed by atoms with E-state index in [1.807, 2.05) is 33.8 Å². The van der Waals surface area contributed by atoms with Gasteiger partial charge in [-0.15, -0.1) is 0 Å². The number of amides is 4. The molecule has 1 aromatic rings. The third-order valence-corrected chi connectivity index (χ3v) is 8.83. The van der Waals surface area contributed by atoms with Crippen molar-refractivity contribution in [2.75, 3.05) is 26.7 Å². The quantitative estimate of drug-likeness (QED) is 0.458. The summed E-state index contributed by atoms with van der Waals surface area (Å²) in [5.41, 5.74) is 0.351. The van der Waals surface area contributed by atoms with Crippen LogP contribution in [0.15, 0.2) is 24.3 Å². The van der Waals surface area contributed by atoms with Gasteiger partial charge in [0.1, 0.15) is 23.9 Å². The van der Waals surface area contributed by atoms with E-state index >= 15 is 0 Å². The number of nitrogens with one attached hydrogen (secondary N) is 2. The lowest BCUT2D eigenvalue weighted by Crippen LogP contribution is -2.57. The number of nitrogens with zero attached hydrogens (tertiary/aromatic N) is 2. The highest BCUT2D eigenvalue weighted by Crippen LogP contribution is 2.25. The van der Waals surface area contributed by atoms with Crippen LogP contribution in [0, 0.1) is 11.8 Å². The first-order valence-corrected chi connectivity index (χ1v) is 17.1. The second-order valence-electron chi connectivity index (χ2n) is 13.5. The van der Waals surface area contributed by atoms with E-state index in [1.54, 1.807) is 25.2 Å². The normalized spacial score (nSPS) is 26.0. The lowest BCUT2D eigenvalue weighted by atomic mass is 9.99. The number of para-hydroxylation sites is 1. The number of fused-ring (bicyclic) bond motifs is 2. The van der Waals surface area contributed by atoms with Gasteiger partial charge in [-0.25, -0.2) is 0 Å². The van der Waals surface area contributed by atoms with Crippen LogP contribution in [-0.2, 0) is 14.4 Å². The highest BCUT2D eigenvalue weighted by molar-refractivity contribution is 6.00. The monoisotopic (exact) mass is 628 g/mol. The van der Waals surface area contributed by atoms with E-state index in [0.717, 1.165) is 38.5 Å². The van der Waals surface area contributed by atoms with E-state index in [9.17, 15) is 24.3 Å². The first-order chi connectivity index (χ1) is 21.5. The van der Waals surface area contributed by atoms with Gasteiger partial charge in [0, 0.05) is 26.6 Å². The third-order valence-electron chi connectivity index (χ3n) is 8.83. The van der Waals surface area contributed by atoms with Gasteiger partial charge in [-0.05, 0) is 43.2 Å². The molecule has 0 spiro atoms. The van der Waals surface area contributed by atoms with Gasteiger partial charge >= 0.3 is 0 Å². The molecular weight excluding hydrogens is 572 g/mol. The Morgan fingerprint density at radius 3 is 2.16 bits per heavy atom. The molecule has 0 saturated carbocycles. The fraction of sp³-hybridized carbons (Fsp3) is 0.714. The number of aliphatic hydroxyl groups is 1. The average Bonchev–Trinajstić information content (AvgIpc) is 3.39. The highest BCUT2D eigenvalue weighted by Gasteiger charge is 2.44. The molecule has 3 N–H and O–H groups in total. The molecule has 2 heterocycles. The van der Waals surface area contributed by atoms with Crippen molar-refractivity contribution in [1.82, 2.24) is 20.4 Å². The first-order valence-electron chi connectivity index (χ1n) is 17.1. The molecule has 1 fully saturated rings. The number of benzene rings is 1. The number of hydrogen-bond acceptors (Lipinski definition) is 6. The summed E-state index contributed by atoms with van der Waals surface area (Å²) in [5, 5.41) is 16.6. The molecule has 10 nitrogen and oxygen atoms in total. The van der Waals surface area contributed by atoms with Gasteiger partial charge in [0.15, 0.2) is 0 Å². The van der Waals surface area contributed by atoms with Crippen molar-refractivity contribution in [2.24, 2.45) is 11.8 Å². The molecule has 2 aliphatic rings. The van der Waals surface area contributed by atoms with E-state index < -0.39 is 42.0 Å². The van der Waals surface area contributed by atoms with Gasteiger partial charge < -0.3 is 30.3 Å². The van der Waals surface area contributed by atoms with Gasteiger partial charge in [-0.2, -0.15) is 0 Å². The van der Waals surface area contributed by atoms with Gasteiger partial charge in [0.05, 0.1) is 18.3 Å². The van der Waals surface area contributed by atoms with E-state index in [0.29, 0.717) is 30.9 Å². The molecular formula is C35H56N4O6. The van der Waals surface area contributed by atoms with Crippen molar-refractivity contribution in [3.63, 3.8) is 0 Å². The third kappa shape index (κ3) is 10.7. The summed E-state index contributed by atoms with van der Waals surface area (Å²) < 4.78 is 6.03. The largest absolute Gasteiger partial charge is 0.493 e. The first kappa shape index (κ1) is 36.3. The van der Waals surface area contributed by atoms with Gasteiger partial charge in [0.25, 0.3) is 5.91 Å². The molecule has 1 saturated heterocycles. The Bertz CT molecular complexity index is 1130. The zero-order chi connectivity index (χ0) is 32.9. The van der Waals surface area contributed by atoms with Crippen LogP contribution in [0.25, 0.3) is 0 Å². The Labute approximate surface area is 269 Å². The summed E-state index contributed by atoms with van der Waals surface area (Å²) >= 11 is 0. The second kappa shape index (κ2) is 18.1. The summed E-state index contributed by atoms with van der Waals surface area (Å²) in [6.07, 6.45) is 9.18. The molecule has 45 heavy (non-hydrogen) atoms. The van der Waals surface area contributed by atoms with Gasteiger partial charge in [0.2, 0.25) is 17.7 Å². The van der Waals surface area contributed by atoms with Crippen molar-refractivity contribution in [3.05, 3.63) is 29.8 Å². The zero-order valence-corrected chi connectivity index (χ0v) is 28.1. The van der Waals surface area contributed by atoms with Crippen molar-refractivity contribution in [1.29, 1.82) is 0 Å². The minimum Gasteiger partial charge on any atom is -0.493 e. The number of hydrogen-bond donors (Lipinski definition) is 3. The molecule has 3 rings (SSSR count). The predicted molar refractivity (Wildman–Crippen MR) is 175 cm³/mol. The molecule has 252 valence electrons. The van der Waals surface area contributed by atoms with Crippen LogP contribution < -0.4 is 15.4 Å². The molecule has 4 amide bonds. The zero-order valence-electron chi connectivity index (χ0n) is 28.1. The molecule has 10 heteroatoms. The van der Waals surface area contributed by atoms with Crippen LogP contribution in [0.5, 0.6) is 5.75 Å². The van der Waals surface area contributed by atoms with Crippen molar-refractivity contribution >= 4 is 23.6 Å². The molecule has 2 aliphatic heterocycles. The van der Waals surface area contributed by atoms with Gasteiger partial charge in [-0.1, -0.05) is 84.8 Å². The van der Waals surface area contributed by atoms with Crippen LogP contribution in [0.1, 0.15) is 109 Å². The number of carbonyl (C=O) groups is 4. The standard InChI is InChI=1S/C35H56N4O6/c1-24(2)21-28-34(43)39-23-26(40)22-29(39)35(44)38(5)31(25(3)4)33(42)36-19-15-11-9-7-6-8-10-12-16-20-45-30-18-14-13-17-27(30)32(41)37-28/h13-14,17-18,24-26,28-29,31,40H,6-12,15-16,19-23H2,1-5H3,(H,36,42)(H,37,41)/t26-,28+,29+,31-/m0/s1. The second-order valence-corrected chi connectivity index (χ2v) is 13.5. The lowest BCUT2D eigenvalue weighted by molar-refractivity contribution is -0.148. The molecule has 0 radical (unpaired) electrons. The van der Waals surface area contributed by atoms with Crippen LogP contribution >= 0.6 is 0 Å². The Morgan fingerprint density at radius 1 is 0.889 bits per heavy atom. The summed E-state index contributed by atoms with van der Waals surface area (Å²) in [6, 6.07) is 4.47. The molecule has 1 aromatic carbocycles. The van der Waals surface area contributed by atoms with E-state index in [4.69, 9.17) is 4.74 Å². The smallest absolute Gasteiger partial charge is 0.255 e. The minimum absolute atomic E-state index is 0.0220. The molecule has 4 atom stereocenters. The van der Waals surface area contributed by atoms with E-state index in [-0.39, 0.29) is 30.7 Å². The SMILES string of the molecule is CC(C)C[C@H]1NC(=O)c2ccccc2OCCCCCCCCCCCNC(=O)[C@H](C(C)C)N(C)C(=O)[C@H]2C[C@H](O)CN2C1=O. The van der Waals surface area contributed by atoms with Crippen LogP contribution in [0.4, 0.5) is 0 Å². The summed E-state index contributed by atoms with van der Waals surface area (Å²) in [4.78, 5) is 57.6. The van der Waals surface area contributed by atoms with Crippen LogP contribution in [0.2, 0.25) is 0 Å². The minimum atomic E-state index is -0.941. The van der Waals surface area contributed by atoms with E-state index in [2.05, 4.69) is 10.6 Å². The number of likely N-dealkylation sites (N-methyl/N-ethyl adjacent to an activating group) is 1. The maximum Gasteiger partial charge on any atom is 0.255 e. The Balaban J connectivity index is 1.87. The molecule has 0 bridgehead atoms.